The maximum Gasteiger partial charge on any atom is 0.250 e. The van der Waals surface area contributed by atoms with E-state index in [0.29, 0.717) is 0 Å². The summed E-state index contributed by atoms with van der Waals surface area (Å²) in [5.74, 6) is 0. The van der Waals surface area contributed by atoms with Gasteiger partial charge in [0.1, 0.15) is 0 Å². The Bertz CT molecular complexity index is 760. The second-order valence-electron chi connectivity index (χ2n) is 4.25. The number of nitrogens with zero attached hydrogens (tertiary/aromatic N) is 2. The zero-order valence-electron chi connectivity index (χ0n) is 10.00. The largest absolute Gasteiger partial charge is 0.311 e. The SMILES string of the molecule is Cn1c(=O)ccc2ccc(-c3cccnc3)cc21. The fourth-order valence-corrected chi connectivity index (χ4v) is 2.08. The summed E-state index contributed by atoms with van der Waals surface area (Å²) in [5.41, 5.74) is 3.06. The molecule has 88 valence electrons. The lowest BCUT2D eigenvalue weighted by Gasteiger charge is -2.07. The number of aromatic nitrogens is 2. The Morgan fingerprint density at radius 1 is 1.06 bits per heavy atom. The van der Waals surface area contributed by atoms with E-state index < -0.39 is 0 Å². The third-order valence-corrected chi connectivity index (χ3v) is 3.12. The molecule has 1 aromatic carbocycles. The summed E-state index contributed by atoms with van der Waals surface area (Å²) < 4.78 is 1.66. The van der Waals surface area contributed by atoms with Gasteiger partial charge in [0.15, 0.2) is 0 Å². The van der Waals surface area contributed by atoms with Gasteiger partial charge in [-0.15, -0.1) is 0 Å². The number of aryl methyl sites for hydroxylation is 1. The van der Waals surface area contributed by atoms with Crippen LogP contribution < -0.4 is 5.56 Å². The van der Waals surface area contributed by atoms with Crippen molar-refractivity contribution in [3.05, 3.63) is 65.2 Å². The number of hydrogen-bond donors (Lipinski definition) is 0. The molecule has 0 aliphatic carbocycles. The predicted octanol–water partition coefficient (Wildman–Crippen LogP) is 2.60. The minimum atomic E-state index is 0.00540. The Morgan fingerprint density at radius 2 is 1.89 bits per heavy atom. The Labute approximate surface area is 104 Å². The maximum absolute atomic E-state index is 11.6. The molecule has 3 aromatic rings. The zero-order chi connectivity index (χ0) is 12.5. The van der Waals surface area contributed by atoms with Crippen LogP contribution in [0.15, 0.2) is 59.7 Å². The first kappa shape index (κ1) is 10.7. The summed E-state index contributed by atoms with van der Waals surface area (Å²) in [4.78, 5) is 15.7. The molecule has 0 aliphatic heterocycles. The summed E-state index contributed by atoms with van der Waals surface area (Å²) in [7, 11) is 1.79. The van der Waals surface area contributed by atoms with Crippen LogP contribution in [-0.4, -0.2) is 9.55 Å². The Morgan fingerprint density at radius 3 is 2.67 bits per heavy atom. The number of fused-ring (bicyclic) bond motifs is 1. The lowest BCUT2D eigenvalue weighted by atomic mass is 10.1. The lowest BCUT2D eigenvalue weighted by Crippen LogP contribution is -2.14. The fourth-order valence-electron chi connectivity index (χ4n) is 2.08. The third kappa shape index (κ3) is 1.70. The highest BCUT2D eigenvalue weighted by atomic mass is 16.1. The second kappa shape index (κ2) is 4.11. The van der Waals surface area contributed by atoms with Gasteiger partial charge in [0.2, 0.25) is 0 Å². The van der Waals surface area contributed by atoms with E-state index in [4.69, 9.17) is 0 Å². The van der Waals surface area contributed by atoms with Crippen LogP contribution in [0.2, 0.25) is 0 Å². The van der Waals surface area contributed by atoms with Crippen LogP contribution in [-0.2, 0) is 7.05 Å². The van der Waals surface area contributed by atoms with Crippen molar-refractivity contribution in [1.29, 1.82) is 0 Å². The molecule has 0 spiro atoms. The monoisotopic (exact) mass is 236 g/mol. The molecule has 0 radical (unpaired) electrons. The molecular weight excluding hydrogens is 224 g/mol. The van der Waals surface area contributed by atoms with E-state index in [9.17, 15) is 4.79 Å². The van der Waals surface area contributed by atoms with Crippen LogP contribution in [0.1, 0.15) is 0 Å². The molecule has 0 bridgehead atoms. The number of benzene rings is 1. The van der Waals surface area contributed by atoms with Crippen molar-refractivity contribution in [2.24, 2.45) is 7.05 Å². The molecule has 0 N–H and O–H groups in total. The average molecular weight is 236 g/mol. The first-order valence-corrected chi connectivity index (χ1v) is 5.76. The Kier molecular flexibility index (Phi) is 2.45. The van der Waals surface area contributed by atoms with E-state index in [2.05, 4.69) is 4.98 Å². The van der Waals surface area contributed by atoms with Crippen molar-refractivity contribution in [1.82, 2.24) is 9.55 Å². The minimum Gasteiger partial charge on any atom is -0.311 e. The first-order valence-electron chi connectivity index (χ1n) is 5.76. The molecule has 3 rings (SSSR count). The standard InChI is InChI=1S/C15H12N2O/c1-17-14-9-12(13-3-2-8-16-10-13)5-4-11(14)6-7-15(17)18/h2-10H,1H3. The van der Waals surface area contributed by atoms with Gasteiger partial charge in [0.25, 0.3) is 5.56 Å². The highest BCUT2D eigenvalue weighted by Crippen LogP contribution is 2.22. The van der Waals surface area contributed by atoms with E-state index in [1.54, 1.807) is 23.9 Å². The lowest BCUT2D eigenvalue weighted by molar-refractivity contribution is 0.906. The van der Waals surface area contributed by atoms with Crippen LogP contribution in [0.5, 0.6) is 0 Å². The predicted molar refractivity (Wildman–Crippen MR) is 72.4 cm³/mol. The van der Waals surface area contributed by atoms with Crippen molar-refractivity contribution >= 4 is 10.9 Å². The third-order valence-electron chi connectivity index (χ3n) is 3.12. The van der Waals surface area contributed by atoms with Crippen LogP contribution in [0.3, 0.4) is 0 Å². The minimum absolute atomic E-state index is 0.00540. The second-order valence-corrected chi connectivity index (χ2v) is 4.25. The van der Waals surface area contributed by atoms with Gasteiger partial charge in [-0.1, -0.05) is 18.2 Å². The molecule has 3 heteroatoms. The summed E-state index contributed by atoms with van der Waals surface area (Å²) in [6, 6.07) is 13.4. The van der Waals surface area contributed by atoms with Gasteiger partial charge in [-0.3, -0.25) is 9.78 Å². The number of rotatable bonds is 1. The summed E-state index contributed by atoms with van der Waals surface area (Å²) in [6.07, 6.45) is 3.57. The van der Waals surface area contributed by atoms with E-state index >= 15 is 0 Å². The summed E-state index contributed by atoms with van der Waals surface area (Å²) in [6.45, 7) is 0. The van der Waals surface area contributed by atoms with Gasteiger partial charge in [0.05, 0.1) is 5.52 Å². The topological polar surface area (TPSA) is 34.9 Å². The maximum atomic E-state index is 11.6. The average Bonchev–Trinajstić information content (AvgIpc) is 2.44. The molecule has 3 nitrogen and oxygen atoms in total. The Balaban J connectivity index is 2.28. The molecule has 18 heavy (non-hydrogen) atoms. The molecule has 2 heterocycles. The molecule has 0 saturated heterocycles. The number of pyridine rings is 2. The van der Waals surface area contributed by atoms with E-state index in [0.717, 1.165) is 22.0 Å². The van der Waals surface area contributed by atoms with Crippen molar-refractivity contribution in [2.75, 3.05) is 0 Å². The highest BCUT2D eigenvalue weighted by Gasteiger charge is 2.02. The molecule has 0 aliphatic rings. The van der Waals surface area contributed by atoms with Crippen molar-refractivity contribution in [3.63, 3.8) is 0 Å². The van der Waals surface area contributed by atoms with Crippen LogP contribution in [0.4, 0.5) is 0 Å². The van der Waals surface area contributed by atoms with Crippen molar-refractivity contribution < 1.29 is 0 Å². The van der Waals surface area contributed by atoms with E-state index in [1.807, 2.05) is 42.6 Å². The van der Waals surface area contributed by atoms with Crippen molar-refractivity contribution in [2.45, 2.75) is 0 Å². The zero-order valence-corrected chi connectivity index (χ0v) is 10.00. The normalized spacial score (nSPS) is 10.7. The quantitative estimate of drug-likeness (QED) is 0.651. The highest BCUT2D eigenvalue weighted by molar-refractivity contribution is 5.84. The van der Waals surface area contributed by atoms with Gasteiger partial charge in [-0.05, 0) is 29.1 Å². The Hall–Kier alpha value is -2.42. The first-order chi connectivity index (χ1) is 8.75. The molecule has 0 amide bonds. The molecule has 0 fully saturated rings. The van der Waals surface area contributed by atoms with Crippen LogP contribution in [0, 0.1) is 0 Å². The number of hydrogen-bond acceptors (Lipinski definition) is 2. The van der Waals surface area contributed by atoms with Crippen LogP contribution >= 0.6 is 0 Å². The smallest absolute Gasteiger partial charge is 0.250 e. The summed E-state index contributed by atoms with van der Waals surface area (Å²) in [5, 5.41) is 1.06. The molecule has 0 saturated carbocycles. The molecular formula is C15H12N2O. The molecule has 2 aromatic heterocycles. The van der Waals surface area contributed by atoms with E-state index in [1.165, 1.54) is 0 Å². The van der Waals surface area contributed by atoms with Gasteiger partial charge < -0.3 is 4.57 Å². The molecule has 0 atom stereocenters. The van der Waals surface area contributed by atoms with Gasteiger partial charge in [-0.2, -0.15) is 0 Å². The van der Waals surface area contributed by atoms with Gasteiger partial charge in [-0.25, -0.2) is 0 Å². The van der Waals surface area contributed by atoms with Gasteiger partial charge >= 0.3 is 0 Å². The van der Waals surface area contributed by atoms with E-state index in [-0.39, 0.29) is 5.56 Å². The fraction of sp³-hybridized carbons (Fsp3) is 0.0667. The summed E-state index contributed by atoms with van der Waals surface area (Å²) >= 11 is 0. The van der Waals surface area contributed by atoms with Crippen molar-refractivity contribution in [3.8, 4) is 11.1 Å². The molecule has 0 unspecified atom stereocenters. The van der Waals surface area contributed by atoms with Gasteiger partial charge in [0, 0.05) is 31.1 Å². The van der Waals surface area contributed by atoms with Crippen LogP contribution in [0.25, 0.3) is 22.0 Å².